The van der Waals surface area contributed by atoms with Crippen LogP contribution >= 0.6 is 11.3 Å². The van der Waals surface area contributed by atoms with Gasteiger partial charge in [-0.1, -0.05) is 0 Å². The van der Waals surface area contributed by atoms with Crippen LogP contribution in [-0.4, -0.2) is 22.1 Å². The molecule has 0 spiro atoms. The van der Waals surface area contributed by atoms with Crippen LogP contribution in [0.4, 0.5) is 18.9 Å². The SMILES string of the molecule is Cc1nn(C)c2sc(C(=O)Nc3ccc(OC(F)(F)F)cc3)cc12. The first kappa shape index (κ1) is 16.3. The number of ether oxygens (including phenoxy) is 1. The largest absolute Gasteiger partial charge is 0.573 e. The van der Waals surface area contributed by atoms with E-state index in [0.29, 0.717) is 10.6 Å². The molecule has 2 heterocycles. The highest BCUT2D eigenvalue weighted by Gasteiger charge is 2.31. The van der Waals surface area contributed by atoms with E-state index in [2.05, 4.69) is 15.2 Å². The number of alkyl halides is 3. The van der Waals surface area contributed by atoms with E-state index in [0.717, 1.165) is 28.0 Å². The summed E-state index contributed by atoms with van der Waals surface area (Å²) in [6, 6.07) is 6.72. The summed E-state index contributed by atoms with van der Waals surface area (Å²) < 4.78 is 41.8. The Balaban J connectivity index is 1.75. The van der Waals surface area contributed by atoms with Gasteiger partial charge in [0.1, 0.15) is 10.6 Å². The van der Waals surface area contributed by atoms with Crippen LogP contribution in [-0.2, 0) is 7.05 Å². The van der Waals surface area contributed by atoms with Gasteiger partial charge in [0, 0.05) is 18.1 Å². The van der Waals surface area contributed by atoms with Crippen molar-refractivity contribution >= 4 is 33.1 Å². The van der Waals surface area contributed by atoms with Crippen LogP contribution in [0.3, 0.4) is 0 Å². The Morgan fingerprint density at radius 2 is 1.96 bits per heavy atom. The number of rotatable bonds is 3. The van der Waals surface area contributed by atoms with Crippen LogP contribution < -0.4 is 10.1 Å². The maximum Gasteiger partial charge on any atom is 0.573 e. The lowest BCUT2D eigenvalue weighted by atomic mass is 10.2. The molecule has 2 aromatic heterocycles. The van der Waals surface area contributed by atoms with Crippen molar-refractivity contribution in [3.63, 3.8) is 0 Å². The van der Waals surface area contributed by atoms with Gasteiger partial charge in [0.2, 0.25) is 0 Å². The number of carbonyl (C=O) groups is 1. The van der Waals surface area contributed by atoms with Gasteiger partial charge in [-0.15, -0.1) is 24.5 Å². The molecular formula is C15H12F3N3O2S. The Labute approximate surface area is 138 Å². The molecule has 3 aromatic rings. The second-order valence-corrected chi connectivity index (χ2v) is 6.10. The zero-order valence-electron chi connectivity index (χ0n) is 12.6. The molecule has 0 saturated carbocycles. The van der Waals surface area contributed by atoms with Crippen molar-refractivity contribution in [2.24, 2.45) is 7.05 Å². The van der Waals surface area contributed by atoms with Crippen LogP contribution in [0, 0.1) is 6.92 Å². The molecule has 3 rings (SSSR count). The molecule has 1 aromatic carbocycles. The Kier molecular flexibility index (Phi) is 3.96. The molecule has 0 aliphatic rings. The molecule has 1 N–H and O–H groups in total. The van der Waals surface area contributed by atoms with E-state index < -0.39 is 6.36 Å². The predicted molar refractivity (Wildman–Crippen MR) is 84.4 cm³/mol. The summed E-state index contributed by atoms with van der Waals surface area (Å²) in [5.74, 6) is -0.677. The minimum Gasteiger partial charge on any atom is -0.406 e. The topological polar surface area (TPSA) is 56.2 Å². The average molecular weight is 355 g/mol. The highest BCUT2D eigenvalue weighted by molar-refractivity contribution is 7.20. The van der Waals surface area contributed by atoms with Gasteiger partial charge in [-0.05, 0) is 37.3 Å². The molecule has 1 amide bonds. The molecule has 0 saturated heterocycles. The minimum absolute atomic E-state index is 0.333. The first-order valence-electron chi connectivity index (χ1n) is 6.83. The van der Waals surface area contributed by atoms with Crippen LogP contribution in [0.15, 0.2) is 30.3 Å². The fourth-order valence-electron chi connectivity index (χ4n) is 2.25. The Hall–Kier alpha value is -2.55. The molecule has 0 aliphatic carbocycles. The van der Waals surface area contributed by atoms with E-state index in [1.54, 1.807) is 17.8 Å². The highest BCUT2D eigenvalue weighted by Crippen LogP contribution is 2.29. The molecule has 24 heavy (non-hydrogen) atoms. The standard InChI is InChI=1S/C15H12F3N3O2S/c1-8-11-7-12(24-14(11)21(2)20-8)13(22)19-9-3-5-10(6-4-9)23-15(16,17)18/h3-7H,1-2H3,(H,19,22). The summed E-state index contributed by atoms with van der Waals surface area (Å²) >= 11 is 1.30. The van der Waals surface area contributed by atoms with Crippen molar-refractivity contribution < 1.29 is 22.7 Å². The summed E-state index contributed by atoms with van der Waals surface area (Å²) in [4.78, 5) is 13.7. The number of aromatic nitrogens is 2. The van der Waals surface area contributed by atoms with E-state index in [4.69, 9.17) is 0 Å². The summed E-state index contributed by atoms with van der Waals surface area (Å²) in [5.41, 5.74) is 1.21. The van der Waals surface area contributed by atoms with Gasteiger partial charge in [-0.3, -0.25) is 9.48 Å². The number of amides is 1. The Bertz CT molecular complexity index is 863. The van der Waals surface area contributed by atoms with Crippen LogP contribution in [0.2, 0.25) is 0 Å². The number of halogens is 3. The first-order chi connectivity index (χ1) is 11.2. The van der Waals surface area contributed by atoms with Crippen molar-refractivity contribution in [1.29, 1.82) is 0 Å². The maximum absolute atomic E-state index is 12.3. The highest BCUT2D eigenvalue weighted by atomic mass is 32.1. The van der Waals surface area contributed by atoms with Crippen molar-refractivity contribution in [1.82, 2.24) is 9.78 Å². The van der Waals surface area contributed by atoms with Crippen molar-refractivity contribution in [2.45, 2.75) is 13.3 Å². The van der Waals surface area contributed by atoms with E-state index in [9.17, 15) is 18.0 Å². The molecule has 0 bridgehead atoms. The maximum atomic E-state index is 12.3. The number of benzene rings is 1. The molecule has 5 nitrogen and oxygen atoms in total. The molecule has 0 unspecified atom stereocenters. The van der Waals surface area contributed by atoms with Crippen LogP contribution in [0.1, 0.15) is 15.4 Å². The summed E-state index contributed by atoms with van der Waals surface area (Å²) in [5, 5.41) is 7.81. The molecule has 9 heteroatoms. The molecule has 126 valence electrons. The number of carbonyl (C=O) groups excluding carboxylic acids is 1. The Morgan fingerprint density at radius 3 is 2.54 bits per heavy atom. The smallest absolute Gasteiger partial charge is 0.406 e. The van der Waals surface area contributed by atoms with Crippen molar-refractivity contribution in [3.8, 4) is 5.75 Å². The molecule has 0 radical (unpaired) electrons. The third kappa shape index (κ3) is 3.35. The average Bonchev–Trinajstić information content (AvgIpc) is 3.02. The summed E-state index contributed by atoms with van der Waals surface area (Å²) in [7, 11) is 1.80. The monoisotopic (exact) mass is 355 g/mol. The van der Waals surface area contributed by atoms with Gasteiger partial charge in [-0.2, -0.15) is 5.10 Å². The predicted octanol–water partition coefficient (Wildman–Crippen LogP) is 4.09. The number of hydrogen-bond acceptors (Lipinski definition) is 4. The lowest BCUT2D eigenvalue weighted by molar-refractivity contribution is -0.274. The van der Waals surface area contributed by atoms with Gasteiger partial charge in [0.05, 0.1) is 10.6 Å². The number of nitrogens with zero attached hydrogens (tertiary/aromatic N) is 2. The van der Waals surface area contributed by atoms with Gasteiger partial charge >= 0.3 is 6.36 Å². The van der Waals surface area contributed by atoms with E-state index in [1.807, 2.05) is 6.92 Å². The lowest BCUT2D eigenvalue weighted by Crippen LogP contribution is -2.17. The van der Waals surface area contributed by atoms with Crippen LogP contribution in [0.5, 0.6) is 5.75 Å². The van der Waals surface area contributed by atoms with E-state index >= 15 is 0 Å². The number of fused-ring (bicyclic) bond motifs is 1. The second kappa shape index (κ2) is 5.82. The van der Waals surface area contributed by atoms with E-state index in [1.165, 1.54) is 23.5 Å². The molecular weight excluding hydrogens is 343 g/mol. The van der Waals surface area contributed by atoms with Crippen LogP contribution in [0.25, 0.3) is 10.2 Å². The third-order valence-corrected chi connectivity index (χ3v) is 4.47. The fraction of sp³-hybridized carbons (Fsp3) is 0.200. The lowest BCUT2D eigenvalue weighted by Gasteiger charge is -2.09. The number of nitrogens with one attached hydrogen (secondary N) is 1. The van der Waals surface area contributed by atoms with Gasteiger partial charge in [0.15, 0.2) is 0 Å². The Morgan fingerprint density at radius 1 is 1.29 bits per heavy atom. The molecule has 0 aliphatic heterocycles. The van der Waals surface area contributed by atoms with E-state index in [-0.39, 0.29) is 11.7 Å². The third-order valence-electron chi connectivity index (χ3n) is 3.27. The van der Waals surface area contributed by atoms with Gasteiger partial charge < -0.3 is 10.1 Å². The van der Waals surface area contributed by atoms with Gasteiger partial charge in [-0.25, -0.2) is 0 Å². The van der Waals surface area contributed by atoms with Crippen molar-refractivity contribution in [2.75, 3.05) is 5.32 Å². The summed E-state index contributed by atoms with van der Waals surface area (Å²) in [6.45, 7) is 1.86. The first-order valence-corrected chi connectivity index (χ1v) is 7.65. The number of thiophene rings is 1. The minimum atomic E-state index is -4.74. The van der Waals surface area contributed by atoms with Crippen molar-refractivity contribution in [3.05, 3.63) is 40.9 Å². The number of aryl methyl sites for hydroxylation is 2. The normalized spacial score (nSPS) is 11.7. The fourth-order valence-corrected chi connectivity index (χ4v) is 3.27. The molecule has 0 atom stereocenters. The zero-order valence-corrected chi connectivity index (χ0v) is 13.5. The van der Waals surface area contributed by atoms with Gasteiger partial charge in [0.25, 0.3) is 5.91 Å². The molecule has 0 fully saturated rings. The number of anilines is 1. The summed E-state index contributed by atoms with van der Waals surface area (Å²) in [6.07, 6.45) is -4.74. The second-order valence-electron chi connectivity index (χ2n) is 5.06. The quantitative estimate of drug-likeness (QED) is 0.770. The zero-order chi connectivity index (χ0) is 17.5. The number of hydrogen-bond donors (Lipinski definition) is 1.